The number of H-pyrrole nitrogens is 1. The van der Waals surface area contributed by atoms with Crippen LogP contribution in [0.15, 0.2) is 0 Å². The molecule has 3 nitrogen and oxygen atoms in total. The van der Waals surface area contributed by atoms with E-state index >= 15 is 0 Å². The molecule has 0 spiro atoms. The number of nitrogens with one attached hydrogen (secondary N) is 1. The topological polar surface area (TPSA) is 33.6 Å². The predicted octanol–water partition coefficient (Wildman–Crippen LogP) is 4.45. The molecule has 0 atom stereocenters. The number of hydrogen-bond acceptors (Lipinski definition) is 2. The van der Waals surface area contributed by atoms with Crippen LogP contribution in [0.3, 0.4) is 0 Å². The van der Waals surface area contributed by atoms with E-state index in [-0.39, 0.29) is 5.41 Å². The lowest BCUT2D eigenvalue weighted by Crippen LogP contribution is -2.29. The molecule has 0 radical (unpaired) electrons. The number of aromatic nitrogens is 3. The van der Waals surface area contributed by atoms with E-state index in [1.54, 1.807) is 0 Å². The Kier molecular flexibility index (Phi) is 4.49. The Hall–Kier alpha value is -0.640. The van der Waals surface area contributed by atoms with Crippen molar-refractivity contribution in [1.82, 2.24) is 14.8 Å². The second-order valence-electron chi connectivity index (χ2n) is 6.94. The van der Waals surface area contributed by atoms with Gasteiger partial charge in [-0.25, -0.2) is 0 Å². The maximum atomic E-state index is 5.43. The molecule has 108 valence electrons. The lowest BCUT2D eigenvalue weighted by molar-refractivity contribution is 0.310. The average molecular weight is 281 g/mol. The summed E-state index contributed by atoms with van der Waals surface area (Å²) in [6.07, 6.45) is 6.42. The molecular formula is C15H27N3S. The highest BCUT2D eigenvalue weighted by Gasteiger charge is 2.40. The highest BCUT2D eigenvalue weighted by atomic mass is 32.1. The zero-order valence-electron chi connectivity index (χ0n) is 12.7. The molecule has 1 aliphatic rings. The Labute approximate surface area is 121 Å². The van der Waals surface area contributed by atoms with Gasteiger partial charge in [-0.1, -0.05) is 40.5 Å². The van der Waals surface area contributed by atoms with Crippen LogP contribution in [0.5, 0.6) is 0 Å². The maximum absolute atomic E-state index is 5.43. The van der Waals surface area contributed by atoms with Crippen LogP contribution in [0.2, 0.25) is 0 Å². The van der Waals surface area contributed by atoms with Gasteiger partial charge in [-0.15, -0.1) is 0 Å². The fourth-order valence-electron chi connectivity index (χ4n) is 3.61. The van der Waals surface area contributed by atoms with Gasteiger partial charge in [0.1, 0.15) is 5.82 Å². The van der Waals surface area contributed by atoms with Crippen LogP contribution in [-0.4, -0.2) is 14.8 Å². The molecule has 0 bridgehead atoms. The van der Waals surface area contributed by atoms with E-state index in [4.69, 9.17) is 12.2 Å². The molecule has 0 amide bonds. The summed E-state index contributed by atoms with van der Waals surface area (Å²) < 4.78 is 3.05. The molecule has 0 saturated heterocycles. The molecule has 0 unspecified atom stereocenters. The van der Waals surface area contributed by atoms with E-state index < -0.39 is 0 Å². The monoisotopic (exact) mass is 281 g/mol. The van der Waals surface area contributed by atoms with Crippen LogP contribution >= 0.6 is 12.2 Å². The van der Waals surface area contributed by atoms with Crippen molar-refractivity contribution >= 4 is 12.2 Å². The molecule has 1 fully saturated rings. The van der Waals surface area contributed by atoms with Gasteiger partial charge in [-0.05, 0) is 43.3 Å². The van der Waals surface area contributed by atoms with E-state index in [1.807, 2.05) is 0 Å². The van der Waals surface area contributed by atoms with Gasteiger partial charge in [0.2, 0.25) is 0 Å². The van der Waals surface area contributed by atoms with E-state index in [0.29, 0.717) is 11.8 Å². The number of hydrogen-bond donors (Lipinski definition) is 1. The normalized spacial score (nSPS) is 18.6. The number of aromatic amines is 1. The van der Waals surface area contributed by atoms with Crippen LogP contribution in [-0.2, 0) is 12.0 Å². The fraction of sp³-hybridized carbons (Fsp3) is 0.867. The second kappa shape index (κ2) is 5.78. The summed E-state index contributed by atoms with van der Waals surface area (Å²) in [7, 11) is 0. The summed E-state index contributed by atoms with van der Waals surface area (Å²) >= 11 is 5.43. The Balaban J connectivity index is 2.40. The minimum absolute atomic E-state index is 0.261. The smallest absolute Gasteiger partial charge is 0.195 e. The molecule has 1 aromatic rings. The van der Waals surface area contributed by atoms with Crippen molar-refractivity contribution < 1.29 is 0 Å². The van der Waals surface area contributed by atoms with Gasteiger partial charge in [-0.2, -0.15) is 5.10 Å². The van der Waals surface area contributed by atoms with Gasteiger partial charge >= 0.3 is 0 Å². The highest BCUT2D eigenvalue weighted by Crippen LogP contribution is 2.44. The number of rotatable bonds is 5. The van der Waals surface area contributed by atoms with E-state index in [9.17, 15) is 0 Å². The van der Waals surface area contributed by atoms with Crippen LogP contribution in [0.25, 0.3) is 0 Å². The van der Waals surface area contributed by atoms with Crippen molar-refractivity contribution in [2.45, 2.75) is 71.8 Å². The first-order chi connectivity index (χ1) is 8.94. The molecule has 19 heavy (non-hydrogen) atoms. The lowest BCUT2D eigenvalue weighted by atomic mass is 9.77. The predicted molar refractivity (Wildman–Crippen MR) is 81.9 cm³/mol. The van der Waals surface area contributed by atoms with Gasteiger partial charge in [0.15, 0.2) is 4.77 Å². The summed E-state index contributed by atoms with van der Waals surface area (Å²) in [6, 6.07) is 0. The first-order valence-corrected chi connectivity index (χ1v) is 8.01. The van der Waals surface area contributed by atoms with Gasteiger partial charge in [0.05, 0.1) is 0 Å². The Bertz CT molecular complexity index is 464. The van der Waals surface area contributed by atoms with Crippen LogP contribution < -0.4 is 0 Å². The third kappa shape index (κ3) is 3.10. The standard InChI is InChI=1S/C15H27N3S/c1-11(2)9-15(7-5-6-8-15)13-16-17-14(19)18(13)10-12(3)4/h11-12H,5-10H2,1-4H3,(H,17,19). The van der Waals surface area contributed by atoms with Crippen molar-refractivity contribution in [3.05, 3.63) is 10.6 Å². The lowest BCUT2D eigenvalue weighted by Gasteiger charge is -2.30. The minimum atomic E-state index is 0.261. The molecule has 1 aromatic heterocycles. The first kappa shape index (κ1) is 14.8. The quantitative estimate of drug-likeness (QED) is 0.809. The summed E-state index contributed by atoms with van der Waals surface area (Å²) in [5.74, 6) is 2.52. The van der Waals surface area contributed by atoms with Gasteiger partial charge in [0.25, 0.3) is 0 Å². The Morgan fingerprint density at radius 3 is 2.37 bits per heavy atom. The van der Waals surface area contributed by atoms with Crippen molar-refractivity contribution in [2.24, 2.45) is 11.8 Å². The summed E-state index contributed by atoms with van der Waals surface area (Å²) in [5.41, 5.74) is 0.261. The molecule has 4 heteroatoms. The SMILES string of the molecule is CC(C)Cn1c(C2(CC(C)C)CCCC2)n[nH]c1=S. The van der Waals surface area contributed by atoms with Crippen LogP contribution in [0.4, 0.5) is 0 Å². The maximum Gasteiger partial charge on any atom is 0.195 e. The average Bonchev–Trinajstić information content (AvgIpc) is 2.87. The second-order valence-corrected chi connectivity index (χ2v) is 7.33. The van der Waals surface area contributed by atoms with E-state index in [2.05, 4.69) is 42.5 Å². The van der Waals surface area contributed by atoms with Crippen molar-refractivity contribution in [3.63, 3.8) is 0 Å². The third-order valence-corrected chi connectivity index (χ3v) is 4.45. The zero-order chi connectivity index (χ0) is 14.0. The van der Waals surface area contributed by atoms with Crippen molar-refractivity contribution in [1.29, 1.82) is 0 Å². The molecular weight excluding hydrogens is 254 g/mol. The molecule has 0 aliphatic heterocycles. The minimum Gasteiger partial charge on any atom is -0.303 e. The van der Waals surface area contributed by atoms with E-state index in [1.165, 1.54) is 37.9 Å². The molecule has 0 aromatic carbocycles. The Morgan fingerprint density at radius 2 is 1.84 bits per heavy atom. The van der Waals surface area contributed by atoms with Gasteiger partial charge in [0, 0.05) is 12.0 Å². The summed E-state index contributed by atoms with van der Waals surface area (Å²) in [6.45, 7) is 10.1. The molecule has 2 rings (SSSR count). The molecule has 1 saturated carbocycles. The summed E-state index contributed by atoms with van der Waals surface area (Å²) in [5, 5.41) is 7.66. The largest absolute Gasteiger partial charge is 0.303 e. The first-order valence-electron chi connectivity index (χ1n) is 7.60. The number of nitrogens with zero attached hydrogens (tertiary/aromatic N) is 2. The third-order valence-electron chi connectivity index (χ3n) is 4.14. The van der Waals surface area contributed by atoms with Crippen molar-refractivity contribution in [3.8, 4) is 0 Å². The highest BCUT2D eigenvalue weighted by molar-refractivity contribution is 7.71. The molecule has 1 N–H and O–H groups in total. The van der Waals surface area contributed by atoms with Gasteiger partial charge in [-0.3, -0.25) is 5.10 Å². The fourth-order valence-corrected chi connectivity index (χ4v) is 3.82. The van der Waals surface area contributed by atoms with Crippen LogP contribution in [0.1, 0.15) is 65.6 Å². The van der Waals surface area contributed by atoms with Crippen molar-refractivity contribution in [2.75, 3.05) is 0 Å². The molecule has 1 aliphatic carbocycles. The van der Waals surface area contributed by atoms with Crippen LogP contribution in [0, 0.1) is 16.6 Å². The van der Waals surface area contributed by atoms with E-state index in [0.717, 1.165) is 11.3 Å². The summed E-state index contributed by atoms with van der Waals surface area (Å²) in [4.78, 5) is 0. The molecule has 1 heterocycles. The Morgan fingerprint density at radius 1 is 1.21 bits per heavy atom. The zero-order valence-corrected chi connectivity index (χ0v) is 13.5. The van der Waals surface area contributed by atoms with Gasteiger partial charge < -0.3 is 4.57 Å².